The maximum absolute atomic E-state index is 11.5. The van der Waals surface area contributed by atoms with Gasteiger partial charge < -0.3 is 24.4 Å². The number of aromatic hydroxyl groups is 1. The Morgan fingerprint density at radius 3 is 2.36 bits per heavy atom. The van der Waals surface area contributed by atoms with E-state index in [-0.39, 0.29) is 16.2 Å². The molecule has 0 spiro atoms. The van der Waals surface area contributed by atoms with Crippen molar-refractivity contribution in [2.24, 2.45) is 0 Å². The third kappa shape index (κ3) is 4.93. The number of carboxylic acids is 1. The summed E-state index contributed by atoms with van der Waals surface area (Å²) in [5, 5.41) is 17.9. The van der Waals surface area contributed by atoms with E-state index in [1.807, 2.05) is 6.92 Å². The van der Waals surface area contributed by atoms with Crippen LogP contribution in [0.15, 0.2) is 52.0 Å². The lowest BCUT2D eigenvalue weighted by Crippen LogP contribution is -2.02. The van der Waals surface area contributed by atoms with Crippen LogP contribution in [0.4, 0.5) is 0 Å². The van der Waals surface area contributed by atoms with E-state index in [2.05, 4.69) is 0 Å². The Kier molecular flexibility index (Phi) is 7.24. The largest absolute Gasteiger partial charge is 0.507 e. The van der Waals surface area contributed by atoms with Crippen LogP contribution in [0.5, 0.6) is 11.5 Å². The van der Waals surface area contributed by atoms with Crippen LogP contribution in [-0.4, -0.2) is 51.5 Å². The molecule has 0 radical (unpaired) electrons. The monoisotopic (exact) mass is 410 g/mol. The number of phenols is 1. The van der Waals surface area contributed by atoms with Crippen molar-refractivity contribution >= 4 is 15.8 Å². The van der Waals surface area contributed by atoms with Crippen LogP contribution in [0.2, 0.25) is 0 Å². The lowest BCUT2D eigenvalue weighted by Gasteiger charge is -2.05. The van der Waals surface area contributed by atoms with Crippen LogP contribution in [0.3, 0.4) is 0 Å². The first-order chi connectivity index (χ1) is 13.3. The van der Waals surface area contributed by atoms with Crippen molar-refractivity contribution in [3.8, 4) is 11.5 Å². The number of carbonyl (C=O) groups is 1. The van der Waals surface area contributed by atoms with Gasteiger partial charge in [0.2, 0.25) is 9.84 Å². The van der Waals surface area contributed by atoms with Crippen molar-refractivity contribution in [3.63, 3.8) is 0 Å². The van der Waals surface area contributed by atoms with E-state index in [4.69, 9.17) is 19.3 Å². The van der Waals surface area contributed by atoms with Crippen molar-refractivity contribution in [3.05, 3.63) is 57.6 Å². The van der Waals surface area contributed by atoms with Gasteiger partial charge in [0.25, 0.3) is 0 Å². The molecule has 0 saturated carbocycles. The van der Waals surface area contributed by atoms with Gasteiger partial charge in [-0.25, -0.2) is 13.2 Å². The highest BCUT2D eigenvalue weighted by Crippen LogP contribution is 2.37. The third-order valence-corrected chi connectivity index (χ3v) is 5.52. The van der Waals surface area contributed by atoms with Gasteiger partial charge in [-0.05, 0) is 30.7 Å². The fourth-order valence-corrected chi connectivity index (χ4v) is 3.75. The summed E-state index contributed by atoms with van der Waals surface area (Å²) >= 11 is 0. The zero-order valence-electron chi connectivity index (χ0n) is 15.5. The van der Waals surface area contributed by atoms with Crippen LogP contribution in [-0.2, 0) is 19.3 Å². The number of methoxy groups -OCH3 is 1. The number of benzene rings is 1. The molecule has 8 nitrogen and oxygen atoms in total. The number of ether oxygens (including phenoxy) is 3. The van der Waals surface area contributed by atoms with Gasteiger partial charge >= 0.3 is 5.97 Å². The van der Waals surface area contributed by atoms with Gasteiger partial charge in [-0.15, -0.1) is 0 Å². The Bertz CT molecular complexity index is 925. The van der Waals surface area contributed by atoms with E-state index in [9.17, 15) is 18.3 Å². The first-order valence-corrected chi connectivity index (χ1v) is 9.99. The highest BCUT2D eigenvalue weighted by atomic mass is 32.2. The molecule has 0 aromatic heterocycles. The molecule has 2 N–H and O–H groups in total. The molecular weight excluding hydrogens is 388 g/mol. The van der Waals surface area contributed by atoms with E-state index in [1.165, 1.54) is 18.2 Å². The molecule has 9 heteroatoms. The van der Waals surface area contributed by atoms with E-state index in [1.54, 1.807) is 25.3 Å². The quantitative estimate of drug-likeness (QED) is 0.628. The van der Waals surface area contributed by atoms with Gasteiger partial charge in [0.05, 0.1) is 18.1 Å². The first-order valence-electron chi connectivity index (χ1n) is 8.51. The molecule has 0 atom stereocenters. The predicted molar refractivity (Wildman–Crippen MR) is 102 cm³/mol. The Morgan fingerprint density at radius 2 is 1.86 bits per heavy atom. The number of rotatable bonds is 8. The highest BCUT2D eigenvalue weighted by molar-refractivity contribution is 8.00. The zero-order valence-corrected chi connectivity index (χ0v) is 16.4. The van der Waals surface area contributed by atoms with Crippen LogP contribution in [0.25, 0.3) is 0 Å². The maximum Gasteiger partial charge on any atom is 0.339 e. The SMILES string of the molecule is CCCOc1ccc(C(=O)O)c(O)c1.COCCOC1=C2C=CC(=C1)S2(=O)=O. The maximum atomic E-state index is 11.5. The van der Waals surface area contributed by atoms with E-state index < -0.39 is 15.8 Å². The van der Waals surface area contributed by atoms with E-state index in [0.29, 0.717) is 36.2 Å². The Morgan fingerprint density at radius 1 is 1.11 bits per heavy atom. The van der Waals surface area contributed by atoms with Crippen LogP contribution < -0.4 is 4.74 Å². The molecule has 1 aromatic rings. The number of carboxylic acid groups (broad SMARTS) is 1. The van der Waals surface area contributed by atoms with Crippen molar-refractivity contribution in [2.75, 3.05) is 26.9 Å². The normalized spacial score (nSPS) is 15.7. The summed E-state index contributed by atoms with van der Waals surface area (Å²) in [4.78, 5) is 11.1. The number of hydrogen-bond acceptors (Lipinski definition) is 7. The molecular formula is C19H22O8S. The molecule has 28 heavy (non-hydrogen) atoms. The fraction of sp³-hybridized carbons (Fsp3) is 0.316. The number of allylic oxidation sites excluding steroid dienone is 3. The van der Waals surface area contributed by atoms with Gasteiger partial charge in [-0.2, -0.15) is 0 Å². The molecule has 2 bridgehead atoms. The molecule has 0 unspecified atom stereocenters. The molecule has 3 rings (SSSR count). The molecule has 0 saturated heterocycles. The second-order valence-electron chi connectivity index (χ2n) is 5.79. The number of hydrogen-bond donors (Lipinski definition) is 2. The van der Waals surface area contributed by atoms with E-state index >= 15 is 0 Å². The summed E-state index contributed by atoms with van der Waals surface area (Å²) in [6.07, 6.45) is 5.54. The fourth-order valence-electron chi connectivity index (χ4n) is 2.35. The molecule has 2 aliphatic rings. The standard InChI is InChI=1S/C10H12O4.C9H10O4S/c1-2-5-14-7-3-4-8(10(12)13)9(11)6-7;1-12-4-5-13-8-6-7-2-3-9(8)14(7,10)11/h3-4,6,11H,2,5H2,1H3,(H,12,13);2-3,6H,4-5H2,1H3. The van der Waals surface area contributed by atoms with Crippen molar-refractivity contribution in [1.29, 1.82) is 0 Å². The van der Waals surface area contributed by atoms with Gasteiger partial charge in [0.1, 0.15) is 34.3 Å². The molecule has 2 aliphatic heterocycles. The van der Waals surface area contributed by atoms with Gasteiger partial charge in [0, 0.05) is 19.3 Å². The van der Waals surface area contributed by atoms with Gasteiger partial charge in [-0.3, -0.25) is 0 Å². The van der Waals surface area contributed by atoms with Crippen molar-refractivity contribution in [2.45, 2.75) is 13.3 Å². The lowest BCUT2D eigenvalue weighted by atomic mass is 10.2. The van der Waals surface area contributed by atoms with Crippen LogP contribution in [0, 0.1) is 0 Å². The first kappa shape index (κ1) is 21.5. The van der Waals surface area contributed by atoms with Crippen LogP contribution >= 0.6 is 0 Å². The average Bonchev–Trinajstić information content (AvgIpc) is 3.07. The summed E-state index contributed by atoms with van der Waals surface area (Å²) in [5.41, 5.74) is -0.117. The molecule has 152 valence electrons. The second-order valence-corrected chi connectivity index (χ2v) is 7.70. The van der Waals surface area contributed by atoms with Crippen molar-refractivity contribution in [1.82, 2.24) is 0 Å². The summed E-state index contributed by atoms with van der Waals surface area (Å²) < 4.78 is 38.3. The topological polar surface area (TPSA) is 119 Å². The Balaban J connectivity index is 0.000000200. The Labute approximate surface area is 163 Å². The number of aromatic carboxylic acids is 1. The van der Waals surface area contributed by atoms with Crippen molar-refractivity contribution < 1.29 is 37.6 Å². The second kappa shape index (κ2) is 9.43. The van der Waals surface area contributed by atoms with Gasteiger partial charge in [0.15, 0.2) is 0 Å². The molecule has 0 aliphatic carbocycles. The molecule has 1 aromatic carbocycles. The summed E-state index contributed by atoms with van der Waals surface area (Å²) in [7, 11) is -1.65. The molecule has 0 fully saturated rings. The smallest absolute Gasteiger partial charge is 0.339 e. The summed E-state index contributed by atoms with van der Waals surface area (Å²) in [5.74, 6) is -0.510. The molecule has 0 amide bonds. The minimum atomic E-state index is -3.22. The minimum absolute atomic E-state index is 0.117. The number of fused-ring (bicyclic) bond motifs is 2. The predicted octanol–water partition coefficient (Wildman–Crippen LogP) is 2.62. The Hall–Kier alpha value is -2.78. The van der Waals surface area contributed by atoms with Gasteiger partial charge in [-0.1, -0.05) is 6.92 Å². The summed E-state index contributed by atoms with van der Waals surface area (Å²) in [6, 6.07) is 4.15. The van der Waals surface area contributed by atoms with E-state index in [0.717, 1.165) is 6.42 Å². The average molecular weight is 410 g/mol. The molecule has 2 heterocycles. The van der Waals surface area contributed by atoms with Crippen LogP contribution in [0.1, 0.15) is 23.7 Å². The number of sulfone groups is 1. The minimum Gasteiger partial charge on any atom is -0.507 e. The lowest BCUT2D eigenvalue weighted by molar-refractivity contribution is 0.0693. The highest BCUT2D eigenvalue weighted by Gasteiger charge is 2.34. The zero-order chi connectivity index (χ0) is 20.7. The third-order valence-electron chi connectivity index (χ3n) is 3.73. The summed E-state index contributed by atoms with van der Waals surface area (Å²) in [6.45, 7) is 3.32.